The Morgan fingerprint density at radius 2 is 2.19 bits per heavy atom. The fourth-order valence-corrected chi connectivity index (χ4v) is 0.740. The topological polar surface area (TPSA) is 111 Å². The maximum atomic E-state index is 11.1. The Morgan fingerprint density at radius 3 is 2.75 bits per heavy atom. The smallest absolute Gasteiger partial charge is 0.440 e. The number of unbranched alkanes of at least 4 members (excludes halogenated alkanes) is 1. The van der Waals surface area contributed by atoms with Crippen LogP contribution in [0.15, 0.2) is 11.8 Å². The molecule has 0 aliphatic carbocycles. The summed E-state index contributed by atoms with van der Waals surface area (Å²) in [7, 11) is 0. The van der Waals surface area contributed by atoms with E-state index in [1.54, 1.807) is 12.4 Å². The maximum absolute atomic E-state index is 11.1. The van der Waals surface area contributed by atoms with Crippen LogP contribution in [0.5, 0.6) is 0 Å². The first kappa shape index (κ1) is 14.2. The molecule has 4 N–H and O–H groups in total. The van der Waals surface area contributed by atoms with Gasteiger partial charge >= 0.3 is 12.1 Å². The second kappa shape index (κ2) is 8.54. The molecule has 7 nitrogen and oxygen atoms in total. The minimum Gasteiger partial charge on any atom is -0.448 e. The SMILES string of the molecule is CCOC(=O)NOC(=O)C(N)=CCCCO. The number of carbonyl (C=O) groups excluding carboxylic acids is 2. The third-order valence-electron chi connectivity index (χ3n) is 1.46. The Labute approximate surface area is 93.2 Å². The van der Waals surface area contributed by atoms with Gasteiger partial charge in [-0.1, -0.05) is 6.08 Å². The Balaban J connectivity index is 3.87. The number of hydrogen-bond donors (Lipinski definition) is 3. The van der Waals surface area contributed by atoms with Gasteiger partial charge in [0, 0.05) is 6.61 Å². The molecule has 0 spiro atoms. The van der Waals surface area contributed by atoms with Crippen LogP contribution in [0.1, 0.15) is 19.8 Å². The van der Waals surface area contributed by atoms with Crippen molar-refractivity contribution in [2.24, 2.45) is 5.73 Å². The van der Waals surface area contributed by atoms with Crippen LogP contribution in [0.4, 0.5) is 4.79 Å². The number of nitrogens with two attached hydrogens (primary N) is 1. The fraction of sp³-hybridized carbons (Fsp3) is 0.556. The zero-order chi connectivity index (χ0) is 12.4. The van der Waals surface area contributed by atoms with Crippen molar-refractivity contribution in [3.05, 3.63) is 11.8 Å². The highest BCUT2D eigenvalue weighted by Gasteiger charge is 2.09. The number of nitrogens with one attached hydrogen (secondary N) is 1. The molecular weight excluding hydrogens is 216 g/mol. The Hall–Kier alpha value is -1.76. The van der Waals surface area contributed by atoms with E-state index >= 15 is 0 Å². The van der Waals surface area contributed by atoms with Gasteiger partial charge in [0.25, 0.3) is 0 Å². The lowest BCUT2D eigenvalue weighted by molar-refractivity contribution is -0.145. The fourth-order valence-electron chi connectivity index (χ4n) is 0.740. The Kier molecular flexibility index (Phi) is 7.60. The highest BCUT2D eigenvalue weighted by molar-refractivity contribution is 5.87. The van der Waals surface area contributed by atoms with Crippen molar-refractivity contribution in [1.29, 1.82) is 0 Å². The molecule has 0 saturated carbocycles. The van der Waals surface area contributed by atoms with E-state index in [9.17, 15) is 9.59 Å². The number of amides is 1. The second-order valence-corrected chi connectivity index (χ2v) is 2.74. The predicted octanol–water partition coefficient (Wildman–Crippen LogP) is -0.194. The zero-order valence-electron chi connectivity index (χ0n) is 9.06. The third-order valence-corrected chi connectivity index (χ3v) is 1.46. The van der Waals surface area contributed by atoms with E-state index < -0.39 is 12.1 Å². The molecule has 16 heavy (non-hydrogen) atoms. The van der Waals surface area contributed by atoms with Gasteiger partial charge in [-0.05, 0) is 19.8 Å². The van der Waals surface area contributed by atoms with Gasteiger partial charge in [-0.15, -0.1) is 5.48 Å². The summed E-state index contributed by atoms with van der Waals surface area (Å²) in [6.07, 6.45) is 1.50. The molecule has 0 aliphatic heterocycles. The molecule has 0 aromatic heterocycles. The van der Waals surface area contributed by atoms with Crippen molar-refractivity contribution in [3.8, 4) is 0 Å². The molecule has 0 radical (unpaired) electrons. The van der Waals surface area contributed by atoms with E-state index in [1.165, 1.54) is 6.08 Å². The number of hydroxylamine groups is 1. The number of allylic oxidation sites excluding steroid dienone is 1. The summed E-state index contributed by atoms with van der Waals surface area (Å²) in [5.74, 6) is -0.869. The van der Waals surface area contributed by atoms with Gasteiger partial charge in [0.1, 0.15) is 5.70 Å². The molecule has 92 valence electrons. The molecular formula is C9H16N2O5. The quantitative estimate of drug-likeness (QED) is 0.344. The molecule has 0 heterocycles. The predicted molar refractivity (Wildman–Crippen MR) is 54.8 cm³/mol. The van der Waals surface area contributed by atoms with Crippen molar-refractivity contribution >= 4 is 12.1 Å². The van der Waals surface area contributed by atoms with Gasteiger partial charge in [0.2, 0.25) is 0 Å². The van der Waals surface area contributed by atoms with Gasteiger partial charge in [0.15, 0.2) is 0 Å². The number of rotatable bonds is 5. The van der Waals surface area contributed by atoms with E-state index in [4.69, 9.17) is 10.8 Å². The summed E-state index contributed by atoms with van der Waals surface area (Å²) in [5, 5.41) is 8.49. The Bertz CT molecular complexity index is 265. The van der Waals surface area contributed by atoms with Crippen molar-refractivity contribution in [3.63, 3.8) is 0 Å². The molecule has 0 bridgehead atoms. The monoisotopic (exact) mass is 232 g/mol. The van der Waals surface area contributed by atoms with Crippen molar-refractivity contribution in [2.45, 2.75) is 19.8 Å². The minimum absolute atomic E-state index is 0.0138. The lowest BCUT2D eigenvalue weighted by Gasteiger charge is -2.05. The molecule has 0 unspecified atom stereocenters. The Morgan fingerprint density at radius 1 is 1.50 bits per heavy atom. The summed E-state index contributed by atoms with van der Waals surface area (Å²) >= 11 is 0. The van der Waals surface area contributed by atoms with Crippen LogP contribution in [0.3, 0.4) is 0 Å². The van der Waals surface area contributed by atoms with Gasteiger partial charge in [-0.3, -0.25) is 0 Å². The average molecular weight is 232 g/mol. The molecule has 0 rings (SSSR count). The number of aliphatic hydroxyl groups excluding tert-OH is 1. The normalized spacial score (nSPS) is 10.8. The summed E-state index contributed by atoms with van der Waals surface area (Å²) in [5.41, 5.74) is 6.97. The number of ether oxygens (including phenoxy) is 1. The van der Waals surface area contributed by atoms with Crippen LogP contribution in [0, 0.1) is 0 Å². The maximum Gasteiger partial charge on any atom is 0.440 e. The van der Waals surface area contributed by atoms with Crippen molar-refractivity contribution < 1.29 is 24.3 Å². The summed E-state index contributed by atoms with van der Waals surface area (Å²) in [6.45, 7) is 1.80. The standard InChI is InChI=1S/C9H16N2O5/c1-2-15-9(14)11-16-8(13)7(10)5-3-4-6-12/h5,12H,2-4,6,10H2,1H3,(H,11,14). The molecule has 0 atom stereocenters. The van der Waals surface area contributed by atoms with Crippen LogP contribution < -0.4 is 11.2 Å². The van der Waals surface area contributed by atoms with E-state index in [1.807, 2.05) is 0 Å². The van der Waals surface area contributed by atoms with E-state index in [2.05, 4.69) is 9.57 Å². The van der Waals surface area contributed by atoms with Gasteiger partial charge in [0.05, 0.1) is 6.61 Å². The zero-order valence-corrected chi connectivity index (χ0v) is 9.06. The van der Waals surface area contributed by atoms with E-state index in [0.717, 1.165) is 0 Å². The highest BCUT2D eigenvalue weighted by Crippen LogP contribution is 1.95. The second-order valence-electron chi connectivity index (χ2n) is 2.74. The number of carbonyl (C=O) groups is 2. The lowest BCUT2D eigenvalue weighted by Crippen LogP contribution is -2.30. The van der Waals surface area contributed by atoms with Crippen LogP contribution >= 0.6 is 0 Å². The summed E-state index contributed by atoms with van der Waals surface area (Å²) in [6, 6.07) is 0. The molecule has 0 fully saturated rings. The molecule has 1 amide bonds. The largest absolute Gasteiger partial charge is 0.448 e. The minimum atomic E-state index is -0.869. The highest BCUT2D eigenvalue weighted by atomic mass is 16.7. The molecule has 0 saturated heterocycles. The van der Waals surface area contributed by atoms with Crippen LogP contribution in [-0.2, 0) is 14.4 Å². The van der Waals surface area contributed by atoms with Crippen molar-refractivity contribution in [1.82, 2.24) is 5.48 Å². The third kappa shape index (κ3) is 6.66. The number of aliphatic hydroxyl groups is 1. The lowest BCUT2D eigenvalue weighted by atomic mass is 10.3. The molecule has 7 heteroatoms. The summed E-state index contributed by atoms with van der Waals surface area (Å²) < 4.78 is 4.45. The number of hydrogen-bond acceptors (Lipinski definition) is 6. The van der Waals surface area contributed by atoms with Crippen LogP contribution in [0.2, 0.25) is 0 Å². The summed E-state index contributed by atoms with van der Waals surface area (Å²) in [4.78, 5) is 26.2. The van der Waals surface area contributed by atoms with Gasteiger partial charge in [-0.2, -0.15) is 0 Å². The van der Waals surface area contributed by atoms with Gasteiger partial charge < -0.3 is 20.4 Å². The first-order valence-electron chi connectivity index (χ1n) is 4.82. The molecule has 0 aromatic carbocycles. The first-order valence-corrected chi connectivity index (χ1v) is 4.82. The first-order chi connectivity index (χ1) is 7.61. The van der Waals surface area contributed by atoms with Gasteiger partial charge in [-0.25, -0.2) is 9.59 Å². The van der Waals surface area contributed by atoms with Crippen LogP contribution in [-0.4, -0.2) is 30.4 Å². The van der Waals surface area contributed by atoms with E-state index in [0.29, 0.717) is 12.8 Å². The van der Waals surface area contributed by atoms with Crippen molar-refractivity contribution in [2.75, 3.05) is 13.2 Å². The average Bonchev–Trinajstić information content (AvgIpc) is 2.26. The molecule has 0 aliphatic rings. The molecule has 0 aromatic rings. The van der Waals surface area contributed by atoms with E-state index in [-0.39, 0.29) is 18.9 Å². The van der Waals surface area contributed by atoms with Crippen LogP contribution in [0.25, 0.3) is 0 Å².